The Balaban J connectivity index is 2.38. The highest BCUT2D eigenvalue weighted by Gasteiger charge is 2.31. The third-order valence-corrected chi connectivity index (χ3v) is 4.93. The van der Waals surface area contributed by atoms with Gasteiger partial charge in [0.2, 0.25) is 11.8 Å². The number of amides is 2. The summed E-state index contributed by atoms with van der Waals surface area (Å²) in [5.41, 5.74) is 0.541. The lowest BCUT2D eigenvalue weighted by molar-refractivity contribution is -0.385. The normalized spacial score (nSPS) is 12.2. The van der Waals surface area contributed by atoms with Crippen LogP contribution < -0.4 is 5.32 Å². The number of carbonyl (C=O) groups excluding carboxylic acids is 2. The SMILES string of the molecule is CC[C@H](C(=O)NC(C)(C)C)N(Cc1ccc(Cl)cc1)C(=O)Cc1ccccc1[N+](=O)[O-]. The summed E-state index contributed by atoms with van der Waals surface area (Å²) in [6, 6.07) is 12.5. The summed E-state index contributed by atoms with van der Waals surface area (Å²) in [6.45, 7) is 7.63. The van der Waals surface area contributed by atoms with Crippen molar-refractivity contribution in [3.05, 3.63) is 74.8 Å². The van der Waals surface area contributed by atoms with Gasteiger partial charge in [-0.15, -0.1) is 0 Å². The quantitative estimate of drug-likeness (QED) is 0.477. The van der Waals surface area contributed by atoms with Crippen LogP contribution in [0.1, 0.15) is 45.2 Å². The molecular formula is C23H28ClN3O4. The highest BCUT2D eigenvalue weighted by molar-refractivity contribution is 6.30. The maximum absolute atomic E-state index is 13.3. The van der Waals surface area contributed by atoms with E-state index in [2.05, 4.69) is 5.32 Å². The molecule has 0 radical (unpaired) electrons. The first-order chi connectivity index (χ1) is 14.5. The van der Waals surface area contributed by atoms with Gasteiger partial charge in [0.15, 0.2) is 0 Å². The van der Waals surface area contributed by atoms with E-state index in [-0.39, 0.29) is 30.5 Å². The van der Waals surface area contributed by atoms with Gasteiger partial charge in [-0.3, -0.25) is 19.7 Å². The molecule has 0 aromatic heterocycles. The minimum atomic E-state index is -0.717. The van der Waals surface area contributed by atoms with E-state index < -0.39 is 16.5 Å². The highest BCUT2D eigenvalue weighted by atomic mass is 35.5. The van der Waals surface area contributed by atoms with Crippen molar-refractivity contribution in [1.82, 2.24) is 10.2 Å². The van der Waals surface area contributed by atoms with Gasteiger partial charge in [0, 0.05) is 28.7 Å². The highest BCUT2D eigenvalue weighted by Crippen LogP contribution is 2.22. The van der Waals surface area contributed by atoms with E-state index in [9.17, 15) is 19.7 Å². The smallest absolute Gasteiger partial charge is 0.273 e. The number of hydrogen-bond acceptors (Lipinski definition) is 4. The molecule has 2 aromatic rings. The predicted octanol–water partition coefficient (Wildman–Crippen LogP) is 4.51. The Labute approximate surface area is 187 Å². The van der Waals surface area contributed by atoms with Gasteiger partial charge in [-0.2, -0.15) is 0 Å². The van der Waals surface area contributed by atoms with Crippen molar-refractivity contribution >= 4 is 29.1 Å². The maximum atomic E-state index is 13.3. The van der Waals surface area contributed by atoms with Crippen molar-refractivity contribution in [3.8, 4) is 0 Å². The number of para-hydroxylation sites is 1. The topological polar surface area (TPSA) is 92.6 Å². The first-order valence-electron chi connectivity index (χ1n) is 10.1. The molecule has 31 heavy (non-hydrogen) atoms. The zero-order valence-electron chi connectivity index (χ0n) is 18.2. The Morgan fingerprint density at radius 1 is 1.13 bits per heavy atom. The average Bonchev–Trinajstić information content (AvgIpc) is 2.68. The molecule has 0 bridgehead atoms. The van der Waals surface area contributed by atoms with Crippen LogP contribution in [0.5, 0.6) is 0 Å². The molecule has 2 aromatic carbocycles. The summed E-state index contributed by atoms with van der Waals surface area (Å²) in [7, 11) is 0. The van der Waals surface area contributed by atoms with Gasteiger partial charge >= 0.3 is 0 Å². The van der Waals surface area contributed by atoms with E-state index in [0.29, 0.717) is 17.0 Å². The van der Waals surface area contributed by atoms with Crippen molar-refractivity contribution in [2.75, 3.05) is 0 Å². The second-order valence-corrected chi connectivity index (χ2v) is 8.81. The van der Waals surface area contributed by atoms with E-state index in [4.69, 9.17) is 11.6 Å². The molecule has 0 fully saturated rings. The third-order valence-electron chi connectivity index (χ3n) is 4.68. The van der Waals surface area contributed by atoms with E-state index in [1.165, 1.54) is 11.0 Å². The van der Waals surface area contributed by atoms with E-state index in [1.807, 2.05) is 27.7 Å². The number of nitrogens with one attached hydrogen (secondary N) is 1. The van der Waals surface area contributed by atoms with Crippen LogP contribution in [0.3, 0.4) is 0 Å². The van der Waals surface area contributed by atoms with Crippen molar-refractivity contribution < 1.29 is 14.5 Å². The third kappa shape index (κ3) is 7.07. The molecule has 0 saturated heterocycles. The van der Waals surface area contributed by atoms with E-state index in [1.54, 1.807) is 42.5 Å². The molecule has 2 amide bonds. The molecule has 8 heteroatoms. The van der Waals surface area contributed by atoms with Crippen molar-refractivity contribution in [2.45, 2.75) is 58.7 Å². The summed E-state index contributed by atoms with van der Waals surface area (Å²) < 4.78 is 0. The second-order valence-electron chi connectivity index (χ2n) is 8.37. The fraction of sp³-hybridized carbons (Fsp3) is 0.391. The molecule has 0 aliphatic rings. The van der Waals surface area contributed by atoms with Crippen LogP contribution in [0.15, 0.2) is 48.5 Å². The van der Waals surface area contributed by atoms with Crippen LogP contribution >= 0.6 is 11.6 Å². The van der Waals surface area contributed by atoms with E-state index in [0.717, 1.165) is 5.56 Å². The van der Waals surface area contributed by atoms with Gasteiger partial charge in [0.05, 0.1) is 11.3 Å². The summed E-state index contributed by atoms with van der Waals surface area (Å²) in [5, 5.41) is 14.9. The summed E-state index contributed by atoms with van der Waals surface area (Å²) >= 11 is 5.97. The number of nitro groups is 1. The Morgan fingerprint density at radius 2 is 1.74 bits per heavy atom. The lowest BCUT2D eigenvalue weighted by Crippen LogP contribution is -2.53. The molecule has 0 spiro atoms. The number of halogens is 1. The standard InChI is InChI=1S/C23H28ClN3O4/c1-5-19(22(29)25-23(2,3)4)26(15-16-10-12-18(24)13-11-16)21(28)14-17-8-6-7-9-20(17)27(30)31/h6-13,19H,5,14-15H2,1-4H3,(H,25,29)/t19-/m1/s1. The lowest BCUT2D eigenvalue weighted by Gasteiger charge is -2.33. The minimum Gasteiger partial charge on any atom is -0.350 e. The Bertz CT molecular complexity index is 939. The zero-order chi connectivity index (χ0) is 23.2. The predicted molar refractivity (Wildman–Crippen MR) is 121 cm³/mol. The summed E-state index contributed by atoms with van der Waals surface area (Å²) in [6.07, 6.45) is 0.224. The van der Waals surface area contributed by atoms with Crippen LogP contribution in [0.4, 0.5) is 5.69 Å². The number of carbonyl (C=O) groups is 2. The fourth-order valence-electron chi connectivity index (χ4n) is 3.26. The van der Waals surface area contributed by atoms with Gasteiger partial charge < -0.3 is 10.2 Å². The molecule has 0 aliphatic heterocycles. The average molecular weight is 446 g/mol. The molecular weight excluding hydrogens is 418 g/mol. The van der Waals surface area contributed by atoms with Crippen LogP contribution in [0, 0.1) is 10.1 Å². The lowest BCUT2D eigenvalue weighted by atomic mass is 10.0. The fourth-order valence-corrected chi connectivity index (χ4v) is 3.39. The molecule has 0 heterocycles. The van der Waals surface area contributed by atoms with Gasteiger partial charge in [-0.05, 0) is 44.9 Å². The van der Waals surface area contributed by atoms with Gasteiger partial charge in [-0.25, -0.2) is 0 Å². The number of benzene rings is 2. The summed E-state index contributed by atoms with van der Waals surface area (Å²) in [5.74, 6) is -0.625. The number of nitrogens with zero attached hydrogens (tertiary/aromatic N) is 2. The summed E-state index contributed by atoms with van der Waals surface area (Å²) in [4.78, 5) is 38.6. The Morgan fingerprint density at radius 3 is 2.29 bits per heavy atom. The molecule has 0 unspecified atom stereocenters. The monoisotopic (exact) mass is 445 g/mol. The van der Waals surface area contributed by atoms with Crippen molar-refractivity contribution in [3.63, 3.8) is 0 Å². The van der Waals surface area contributed by atoms with Gasteiger partial charge in [0.1, 0.15) is 6.04 Å². The van der Waals surface area contributed by atoms with Gasteiger partial charge in [0.25, 0.3) is 5.69 Å². The van der Waals surface area contributed by atoms with Crippen molar-refractivity contribution in [1.29, 1.82) is 0 Å². The number of hydrogen-bond donors (Lipinski definition) is 1. The van der Waals surface area contributed by atoms with Crippen LogP contribution in [0.2, 0.25) is 5.02 Å². The largest absolute Gasteiger partial charge is 0.350 e. The molecule has 0 aliphatic carbocycles. The maximum Gasteiger partial charge on any atom is 0.273 e. The molecule has 7 nitrogen and oxygen atoms in total. The molecule has 1 N–H and O–H groups in total. The molecule has 2 rings (SSSR count). The van der Waals surface area contributed by atoms with Crippen molar-refractivity contribution in [2.24, 2.45) is 0 Å². The molecule has 0 saturated carbocycles. The zero-order valence-corrected chi connectivity index (χ0v) is 19.0. The number of nitro benzene ring substituents is 1. The second kappa shape index (κ2) is 10.4. The van der Waals surface area contributed by atoms with Crippen LogP contribution in [-0.2, 0) is 22.6 Å². The molecule has 166 valence electrons. The first kappa shape index (κ1) is 24.3. The van der Waals surface area contributed by atoms with E-state index >= 15 is 0 Å². The van der Waals surface area contributed by atoms with Gasteiger partial charge in [-0.1, -0.05) is 48.9 Å². The molecule has 1 atom stereocenters. The Kier molecular flexibility index (Phi) is 8.16. The minimum absolute atomic E-state index is 0.116. The number of rotatable bonds is 8. The first-order valence-corrected chi connectivity index (χ1v) is 10.5. The van der Waals surface area contributed by atoms with Crippen LogP contribution in [-0.4, -0.2) is 33.2 Å². The Hall–Kier alpha value is -2.93. The van der Waals surface area contributed by atoms with Crippen LogP contribution in [0.25, 0.3) is 0 Å².